The lowest BCUT2D eigenvalue weighted by Gasteiger charge is -2.17. The lowest BCUT2D eigenvalue weighted by atomic mass is 9.96. The molecule has 0 bridgehead atoms. The number of urea groups is 1. The SMILES string of the molecule is CC(C)C(CNC(=O)NCCC1CCOC1)C(=O)O. The topological polar surface area (TPSA) is 87.7 Å². The molecule has 0 aliphatic carbocycles. The van der Waals surface area contributed by atoms with E-state index >= 15 is 0 Å². The smallest absolute Gasteiger partial charge is 0.314 e. The van der Waals surface area contributed by atoms with Crippen molar-refractivity contribution >= 4 is 12.0 Å². The minimum atomic E-state index is -0.876. The van der Waals surface area contributed by atoms with Gasteiger partial charge in [0.1, 0.15) is 0 Å². The Morgan fingerprint density at radius 3 is 2.63 bits per heavy atom. The Morgan fingerprint density at radius 2 is 2.11 bits per heavy atom. The monoisotopic (exact) mass is 272 g/mol. The molecule has 19 heavy (non-hydrogen) atoms. The van der Waals surface area contributed by atoms with Gasteiger partial charge in [-0.1, -0.05) is 13.8 Å². The summed E-state index contributed by atoms with van der Waals surface area (Å²) in [6.07, 6.45) is 1.96. The molecule has 1 aliphatic rings. The first-order valence-corrected chi connectivity index (χ1v) is 6.83. The van der Waals surface area contributed by atoms with Crippen LogP contribution in [0.2, 0.25) is 0 Å². The molecule has 110 valence electrons. The molecule has 1 saturated heterocycles. The number of ether oxygens (including phenoxy) is 1. The summed E-state index contributed by atoms with van der Waals surface area (Å²) in [6.45, 7) is 6.00. The van der Waals surface area contributed by atoms with Crippen LogP contribution in [0.4, 0.5) is 4.79 Å². The van der Waals surface area contributed by atoms with Gasteiger partial charge in [-0.2, -0.15) is 0 Å². The third-order valence-corrected chi connectivity index (χ3v) is 3.47. The van der Waals surface area contributed by atoms with E-state index in [1.807, 2.05) is 13.8 Å². The van der Waals surface area contributed by atoms with Crippen molar-refractivity contribution in [2.24, 2.45) is 17.8 Å². The second-order valence-electron chi connectivity index (χ2n) is 5.34. The van der Waals surface area contributed by atoms with Crippen LogP contribution in [0.3, 0.4) is 0 Å². The summed E-state index contributed by atoms with van der Waals surface area (Å²) >= 11 is 0. The average molecular weight is 272 g/mol. The van der Waals surface area contributed by atoms with Gasteiger partial charge in [0.2, 0.25) is 0 Å². The quantitative estimate of drug-likeness (QED) is 0.647. The van der Waals surface area contributed by atoms with E-state index in [9.17, 15) is 9.59 Å². The molecule has 0 radical (unpaired) electrons. The van der Waals surface area contributed by atoms with Crippen LogP contribution >= 0.6 is 0 Å². The number of hydrogen-bond acceptors (Lipinski definition) is 3. The minimum absolute atomic E-state index is 0.00608. The maximum Gasteiger partial charge on any atom is 0.314 e. The molecule has 1 fully saturated rings. The van der Waals surface area contributed by atoms with Crippen LogP contribution in [0.1, 0.15) is 26.7 Å². The number of nitrogens with one attached hydrogen (secondary N) is 2. The van der Waals surface area contributed by atoms with Crippen molar-refractivity contribution in [3.05, 3.63) is 0 Å². The van der Waals surface area contributed by atoms with Gasteiger partial charge in [0.15, 0.2) is 0 Å². The molecule has 0 aromatic carbocycles. The lowest BCUT2D eigenvalue weighted by molar-refractivity contribution is -0.142. The highest BCUT2D eigenvalue weighted by atomic mass is 16.5. The predicted molar refractivity (Wildman–Crippen MR) is 70.9 cm³/mol. The summed E-state index contributed by atoms with van der Waals surface area (Å²) in [5.74, 6) is -0.899. The van der Waals surface area contributed by atoms with Crippen molar-refractivity contribution in [3.8, 4) is 0 Å². The molecule has 3 N–H and O–H groups in total. The van der Waals surface area contributed by atoms with E-state index < -0.39 is 11.9 Å². The molecular formula is C13H24N2O4. The number of carbonyl (C=O) groups excluding carboxylic acids is 1. The molecule has 1 rings (SSSR count). The van der Waals surface area contributed by atoms with Crippen LogP contribution in [0.15, 0.2) is 0 Å². The molecule has 0 spiro atoms. The molecule has 0 aromatic heterocycles. The Kier molecular flexibility index (Phi) is 6.62. The number of amides is 2. The minimum Gasteiger partial charge on any atom is -0.481 e. The zero-order valence-electron chi connectivity index (χ0n) is 11.6. The zero-order valence-corrected chi connectivity index (χ0v) is 11.6. The maximum absolute atomic E-state index is 11.5. The average Bonchev–Trinajstić information content (AvgIpc) is 2.81. The van der Waals surface area contributed by atoms with E-state index in [0.29, 0.717) is 12.5 Å². The van der Waals surface area contributed by atoms with Gasteiger partial charge in [-0.15, -0.1) is 0 Å². The number of rotatable bonds is 7. The molecule has 2 amide bonds. The molecular weight excluding hydrogens is 248 g/mol. The third kappa shape index (κ3) is 5.92. The van der Waals surface area contributed by atoms with Crippen molar-refractivity contribution in [3.63, 3.8) is 0 Å². The Morgan fingerprint density at radius 1 is 1.37 bits per heavy atom. The van der Waals surface area contributed by atoms with Crippen LogP contribution in [0.25, 0.3) is 0 Å². The number of hydrogen-bond donors (Lipinski definition) is 3. The summed E-state index contributed by atoms with van der Waals surface area (Å²) in [7, 11) is 0. The van der Waals surface area contributed by atoms with Gasteiger partial charge in [-0.3, -0.25) is 4.79 Å². The highest BCUT2D eigenvalue weighted by Crippen LogP contribution is 2.15. The fourth-order valence-corrected chi connectivity index (χ4v) is 2.07. The number of carbonyl (C=O) groups is 2. The van der Waals surface area contributed by atoms with Gasteiger partial charge >= 0.3 is 12.0 Å². The first-order chi connectivity index (χ1) is 9.00. The van der Waals surface area contributed by atoms with Gasteiger partial charge in [0, 0.05) is 26.3 Å². The standard InChI is InChI=1S/C13H24N2O4/c1-9(2)11(12(16)17)7-15-13(18)14-5-3-10-4-6-19-8-10/h9-11H,3-8H2,1-2H3,(H,16,17)(H2,14,15,18). The highest BCUT2D eigenvalue weighted by molar-refractivity contribution is 5.75. The van der Waals surface area contributed by atoms with E-state index in [1.54, 1.807) is 0 Å². The predicted octanol–water partition coefficient (Wildman–Crippen LogP) is 1.07. The second-order valence-corrected chi connectivity index (χ2v) is 5.34. The van der Waals surface area contributed by atoms with E-state index in [-0.39, 0.29) is 18.5 Å². The Hall–Kier alpha value is -1.30. The normalized spacial score (nSPS) is 20.3. The van der Waals surface area contributed by atoms with Gasteiger partial charge in [0.05, 0.1) is 5.92 Å². The number of aliphatic carboxylic acids is 1. The lowest BCUT2D eigenvalue weighted by Crippen LogP contribution is -2.41. The van der Waals surface area contributed by atoms with Crippen molar-refractivity contribution in [2.75, 3.05) is 26.3 Å². The second kappa shape index (κ2) is 7.99. The first kappa shape index (κ1) is 15.8. The van der Waals surface area contributed by atoms with Crippen LogP contribution < -0.4 is 10.6 Å². The molecule has 1 aliphatic heterocycles. The molecule has 2 unspecified atom stereocenters. The summed E-state index contributed by atoms with van der Waals surface area (Å²) in [4.78, 5) is 22.5. The number of carboxylic acids is 1. The van der Waals surface area contributed by atoms with E-state index in [0.717, 1.165) is 26.1 Å². The van der Waals surface area contributed by atoms with Crippen molar-refractivity contribution in [2.45, 2.75) is 26.7 Å². The van der Waals surface area contributed by atoms with Crippen LogP contribution in [0.5, 0.6) is 0 Å². The summed E-state index contributed by atoms with van der Waals surface area (Å²) in [6, 6.07) is -0.300. The summed E-state index contributed by atoms with van der Waals surface area (Å²) in [5.41, 5.74) is 0. The summed E-state index contributed by atoms with van der Waals surface area (Å²) in [5, 5.41) is 14.3. The Bertz CT molecular complexity index is 301. The number of carboxylic acid groups (broad SMARTS) is 1. The van der Waals surface area contributed by atoms with Crippen LogP contribution in [0, 0.1) is 17.8 Å². The zero-order chi connectivity index (χ0) is 14.3. The van der Waals surface area contributed by atoms with E-state index in [4.69, 9.17) is 9.84 Å². The Balaban J connectivity index is 2.14. The molecule has 6 heteroatoms. The van der Waals surface area contributed by atoms with E-state index in [1.165, 1.54) is 0 Å². The molecule has 0 saturated carbocycles. The van der Waals surface area contributed by atoms with Crippen molar-refractivity contribution < 1.29 is 19.4 Å². The van der Waals surface area contributed by atoms with E-state index in [2.05, 4.69) is 10.6 Å². The van der Waals surface area contributed by atoms with Crippen LogP contribution in [-0.4, -0.2) is 43.4 Å². The maximum atomic E-state index is 11.5. The molecule has 6 nitrogen and oxygen atoms in total. The van der Waals surface area contributed by atoms with Gasteiger partial charge in [-0.25, -0.2) is 4.79 Å². The Labute approximate surface area is 113 Å². The first-order valence-electron chi connectivity index (χ1n) is 6.83. The third-order valence-electron chi connectivity index (χ3n) is 3.47. The van der Waals surface area contributed by atoms with Crippen LogP contribution in [-0.2, 0) is 9.53 Å². The highest BCUT2D eigenvalue weighted by Gasteiger charge is 2.22. The van der Waals surface area contributed by atoms with Crippen molar-refractivity contribution in [1.29, 1.82) is 0 Å². The van der Waals surface area contributed by atoms with Gasteiger partial charge in [0.25, 0.3) is 0 Å². The van der Waals surface area contributed by atoms with Gasteiger partial charge in [-0.05, 0) is 24.7 Å². The fourth-order valence-electron chi connectivity index (χ4n) is 2.07. The molecule has 2 atom stereocenters. The van der Waals surface area contributed by atoms with Crippen molar-refractivity contribution in [1.82, 2.24) is 10.6 Å². The molecule has 0 aromatic rings. The fraction of sp³-hybridized carbons (Fsp3) is 0.846. The summed E-state index contributed by atoms with van der Waals surface area (Å²) < 4.78 is 5.25. The largest absolute Gasteiger partial charge is 0.481 e. The van der Waals surface area contributed by atoms with Gasteiger partial charge < -0.3 is 20.5 Å². The molecule has 1 heterocycles.